The fraction of sp³-hybridized carbons (Fsp3) is 0.200. The Hall–Kier alpha value is -2.08. The molecule has 20 heavy (non-hydrogen) atoms. The molecule has 0 bridgehead atoms. The van der Waals surface area contributed by atoms with Crippen molar-refractivity contribution in [1.29, 1.82) is 0 Å². The van der Waals surface area contributed by atoms with Gasteiger partial charge in [0.25, 0.3) is 0 Å². The second-order valence-corrected chi connectivity index (χ2v) is 5.40. The largest absolute Gasteiger partial charge is 0.0648 e. The van der Waals surface area contributed by atoms with Crippen LogP contribution in [0.4, 0.5) is 0 Å². The van der Waals surface area contributed by atoms with E-state index in [4.69, 9.17) is 0 Å². The highest BCUT2D eigenvalue weighted by molar-refractivity contribution is 5.83. The van der Waals surface area contributed by atoms with Crippen LogP contribution in [0.2, 0.25) is 0 Å². The maximum absolute atomic E-state index is 2.33. The van der Waals surface area contributed by atoms with Crippen LogP contribution in [0.1, 0.15) is 30.4 Å². The van der Waals surface area contributed by atoms with Crippen molar-refractivity contribution >= 4 is 10.8 Å². The third-order valence-corrected chi connectivity index (χ3v) is 4.06. The number of fused-ring (bicyclic) bond motifs is 1. The summed E-state index contributed by atoms with van der Waals surface area (Å²) in [4.78, 5) is 0. The number of benzene rings is 3. The van der Waals surface area contributed by atoms with Crippen LogP contribution in [-0.4, -0.2) is 0 Å². The molecule has 0 nitrogen and oxygen atoms in total. The first-order valence-corrected chi connectivity index (χ1v) is 7.39. The van der Waals surface area contributed by atoms with Crippen LogP contribution >= 0.6 is 0 Å². The minimum atomic E-state index is 0.609. The molecule has 0 aromatic heterocycles. The van der Waals surface area contributed by atoms with Crippen LogP contribution in [0, 0.1) is 0 Å². The van der Waals surface area contributed by atoms with Crippen LogP contribution in [-0.2, 0) is 6.42 Å². The Morgan fingerprint density at radius 1 is 0.750 bits per heavy atom. The zero-order valence-electron chi connectivity index (χ0n) is 11.9. The highest BCUT2D eigenvalue weighted by Gasteiger charge is 2.10. The lowest BCUT2D eigenvalue weighted by molar-refractivity contribution is 0.661. The van der Waals surface area contributed by atoms with Crippen molar-refractivity contribution in [3.05, 3.63) is 83.9 Å². The van der Waals surface area contributed by atoms with Gasteiger partial charge >= 0.3 is 0 Å². The summed E-state index contributed by atoms with van der Waals surface area (Å²) in [5, 5.41) is 2.66. The molecular weight excluding hydrogens is 240 g/mol. The lowest BCUT2D eigenvalue weighted by atomic mass is 9.89. The molecule has 0 fully saturated rings. The first kappa shape index (κ1) is 12.9. The van der Waals surface area contributed by atoms with Crippen LogP contribution in [0.15, 0.2) is 72.8 Å². The van der Waals surface area contributed by atoms with E-state index in [0.717, 1.165) is 6.42 Å². The van der Waals surface area contributed by atoms with Gasteiger partial charge in [0.15, 0.2) is 0 Å². The van der Waals surface area contributed by atoms with Gasteiger partial charge in [0.2, 0.25) is 0 Å². The monoisotopic (exact) mass is 260 g/mol. The predicted octanol–water partition coefficient (Wildman–Crippen LogP) is 5.58. The Balaban J connectivity index is 1.87. The fourth-order valence-electron chi connectivity index (χ4n) is 2.87. The van der Waals surface area contributed by atoms with Crippen LogP contribution in [0.25, 0.3) is 10.8 Å². The molecular formula is C20H20. The van der Waals surface area contributed by atoms with E-state index in [9.17, 15) is 0 Å². The van der Waals surface area contributed by atoms with Gasteiger partial charge in [-0.25, -0.2) is 0 Å². The van der Waals surface area contributed by atoms with Crippen molar-refractivity contribution in [3.8, 4) is 0 Å². The summed E-state index contributed by atoms with van der Waals surface area (Å²) in [5.74, 6) is 0.609. The smallest absolute Gasteiger partial charge is 0.0124 e. The zero-order valence-corrected chi connectivity index (χ0v) is 11.9. The highest BCUT2D eigenvalue weighted by Crippen LogP contribution is 2.25. The molecule has 0 radical (unpaired) electrons. The average Bonchev–Trinajstić information content (AvgIpc) is 2.53. The number of hydrogen-bond donors (Lipinski definition) is 0. The third-order valence-electron chi connectivity index (χ3n) is 4.06. The summed E-state index contributed by atoms with van der Waals surface area (Å²) < 4.78 is 0. The molecule has 0 aliphatic carbocycles. The molecule has 0 saturated heterocycles. The van der Waals surface area contributed by atoms with Crippen molar-refractivity contribution in [2.45, 2.75) is 25.7 Å². The zero-order chi connectivity index (χ0) is 13.8. The van der Waals surface area contributed by atoms with Crippen molar-refractivity contribution in [2.75, 3.05) is 0 Å². The van der Waals surface area contributed by atoms with Crippen LogP contribution in [0.3, 0.4) is 0 Å². The van der Waals surface area contributed by atoms with E-state index in [1.807, 2.05) is 0 Å². The number of hydrogen-bond acceptors (Lipinski definition) is 0. The maximum Gasteiger partial charge on any atom is -0.0124 e. The quantitative estimate of drug-likeness (QED) is 0.574. The molecule has 0 spiro atoms. The molecule has 3 rings (SSSR count). The maximum atomic E-state index is 2.33. The SMILES string of the molecule is CCC(Cc1ccc2ccccc2c1)c1ccccc1. The molecule has 0 N–H and O–H groups in total. The molecule has 3 aromatic carbocycles. The molecule has 0 saturated carbocycles. The van der Waals surface area contributed by atoms with Crippen LogP contribution < -0.4 is 0 Å². The molecule has 0 aliphatic rings. The topological polar surface area (TPSA) is 0 Å². The average molecular weight is 260 g/mol. The predicted molar refractivity (Wildman–Crippen MR) is 87.1 cm³/mol. The third kappa shape index (κ3) is 2.75. The van der Waals surface area contributed by atoms with Gasteiger partial charge in [-0.15, -0.1) is 0 Å². The summed E-state index contributed by atoms with van der Waals surface area (Å²) in [6.07, 6.45) is 2.29. The molecule has 1 atom stereocenters. The number of rotatable bonds is 4. The molecule has 0 heteroatoms. The standard InChI is InChI=1S/C20H20/c1-2-17(18-8-4-3-5-9-18)14-16-12-13-19-10-6-7-11-20(19)15-16/h3-13,15,17H,2,14H2,1H3. The highest BCUT2D eigenvalue weighted by atomic mass is 14.1. The van der Waals surface area contributed by atoms with Gasteiger partial charge in [-0.2, -0.15) is 0 Å². The lowest BCUT2D eigenvalue weighted by Gasteiger charge is -2.15. The Morgan fingerprint density at radius 2 is 1.45 bits per heavy atom. The van der Waals surface area contributed by atoms with E-state index >= 15 is 0 Å². The Bertz CT molecular complexity index is 682. The van der Waals surface area contributed by atoms with E-state index in [2.05, 4.69) is 79.7 Å². The summed E-state index contributed by atoms with van der Waals surface area (Å²) in [5.41, 5.74) is 2.88. The van der Waals surface area contributed by atoms with Gasteiger partial charge in [0.1, 0.15) is 0 Å². The normalized spacial score (nSPS) is 12.4. The minimum absolute atomic E-state index is 0.609. The van der Waals surface area contributed by atoms with Crippen molar-refractivity contribution < 1.29 is 0 Å². The van der Waals surface area contributed by atoms with Gasteiger partial charge in [-0.3, -0.25) is 0 Å². The fourth-order valence-corrected chi connectivity index (χ4v) is 2.87. The minimum Gasteiger partial charge on any atom is -0.0648 e. The molecule has 3 aromatic rings. The molecule has 0 aliphatic heterocycles. The van der Waals surface area contributed by atoms with Gasteiger partial charge in [-0.05, 0) is 40.7 Å². The Labute approximate surface area is 121 Å². The summed E-state index contributed by atoms with van der Waals surface area (Å²) in [6, 6.07) is 26.3. The van der Waals surface area contributed by atoms with Gasteiger partial charge in [0.05, 0.1) is 0 Å². The summed E-state index contributed by atoms with van der Waals surface area (Å²) in [7, 11) is 0. The molecule has 100 valence electrons. The first-order valence-electron chi connectivity index (χ1n) is 7.39. The van der Waals surface area contributed by atoms with Crippen LogP contribution in [0.5, 0.6) is 0 Å². The van der Waals surface area contributed by atoms with E-state index in [1.165, 1.54) is 28.3 Å². The van der Waals surface area contributed by atoms with Gasteiger partial charge in [-0.1, -0.05) is 79.7 Å². The van der Waals surface area contributed by atoms with E-state index < -0.39 is 0 Å². The lowest BCUT2D eigenvalue weighted by Crippen LogP contribution is -2.01. The Kier molecular flexibility index (Phi) is 3.83. The van der Waals surface area contributed by atoms with E-state index in [1.54, 1.807) is 0 Å². The molecule has 0 heterocycles. The van der Waals surface area contributed by atoms with Gasteiger partial charge < -0.3 is 0 Å². The summed E-state index contributed by atoms with van der Waals surface area (Å²) in [6.45, 7) is 2.28. The van der Waals surface area contributed by atoms with Crippen molar-refractivity contribution in [2.24, 2.45) is 0 Å². The molecule has 1 unspecified atom stereocenters. The van der Waals surface area contributed by atoms with E-state index in [0.29, 0.717) is 5.92 Å². The second-order valence-electron chi connectivity index (χ2n) is 5.40. The Morgan fingerprint density at radius 3 is 2.20 bits per heavy atom. The second kappa shape index (κ2) is 5.92. The molecule has 0 amide bonds. The van der Waals surface area contributed by atoms with Crippen molar-refractivity contribution in [3.63, 3.8) is 0 Å². The van der Waals surface area contributed by atoms with Crippen molar-refractivity contribution in [1.82, 2.24) is 0 Å². The van der Waals surface area contributed by atoms with E-state index in [-0.39, 0.29) is 0 Å². The summed E-state index contributed by atoms with van der Waals surface area (Å²) >= 11 is 0. The van der Waals surface area contributed by atoms with Gasteiger partial charge in [0, 0.05) is 0 Å². The first-order chi connectivity index (χ1) is 9.86.